The molecular weight excluding hydrogens is 1260 g/mol. The van der Waals surface area contributed by atoms with E-state index in [-0.39, 0.29) is 65.9 Å². The number of rotatable bonds is 29. The minimum atomic E-state index is -4.01. The number of likely N-dealkylation sites (N-methyl/N-ethyl adjacent to an activating group) is 2. The molecule has 2 aliphatic heterocycles. The topological polar surface area (TPSA) is 268 Å². The summed E-state index contributed by atoms with van der Waals surface area (Å²) in [5.41, 5.74) is 3.97. The van der Waals surface area contributed by atoms with E-state index >= 15 is 0 Å². The molecule has 9 atom stereocenters. The van der Waals surface area contributed by atoms with Gasteiger partial charge in [-0.15, -0.1) is 0 Å². The number of halogens is 2. The Bertz CT molecular complexity index is 2950. The van der Waals surface area contributed by atoms with E-state index in [1.807, 2.05) is 60.5 Å². The molecule has 1 aliphatic carbocycles. The van der Waals surface area contributed by atoms with Gasteiger partial charge in [0.1, 0.15) is 17.8 Å². The van der Waals surface area contributed by atoms with Crippen LogP contribution in [-0.2, 0) is 60.6 Å². The molecule has 3 heterocycles. The van der Waals surface area contributed by atoms with Gasteiger partial charge in [0.2, 0.25) is 33.7 Å². The van der Waals surface area contributed by atoms with Crippen LogP contribution in [0, 0.1) is 29.6 Å². The number of hydrogen-bond donors (Lipinski definition) is 4. The molecule has 3 fully saturated rings. The van der Waals surface area contributed by atoms with E-state index < -0.39 is 81.5 Å². The second kappa shape index (κ2) is 31.7. The lowest BCUT2D eigenvalue weighted by molar-refractivity contribution is -0.148. The van der Waals surface area contributed by atoms with Crippen molar-refractivity contribution in [3.05, 3.63) is 65.0 Å². The van der Waals surface area contributed by atoms with E-state index in [4.69, 9.17) is 14.2 Å². The first kappa shape index (κ1) is 69.8. The fourth-order valence-electron chi connectivity index (χ4n) is 11.8. The van der Waals surface area contributed by atoms with Crippen LogP contribution in [0.25, 0.3) is 11.0 Å². The molecule has 22 nitrogen and oxygen atoms in total. The molecule has 25 heteroatoms. The van der Waals surface area contributed by atoms with Gasteiger partial charge in [0.15, 0.2) is 0 Å². The Labute approximate surface area is 524 Å². The number of alkyl halides is 2. The van der Waals surface area contributed by atoms with Crippen molar-refractivity contribution in [3.8, 4) is 5.75 Å². The summed E-state index contributed by atoms with van der Waals surface area (Å²) in [4.78, 5) is 114. The van der Waals surface area contributed by atoms with Crippen molar-refractivity contribution in [2.45, 2.75) is 165 Å². The maximum absolute atomic E-state index is 14.6. The molecule has 1 aromatic heterocycles. The normalized spacial score (nSPS) is 18.6. The summed E-state index contributed by atoms with van der Waals surface area (Å²) in [5.74, 6) is -3.47. The highest BCUT2D eigenvalue weighted by Crippen LogP contribution is 2.31. The molecule has 0 radical (unpaired) electrons. The monoisotopic (exact) mass is 1340 g/mol. The number of nitrogens with one attached hydrogen (secondary N) is 4. The van der Waals surface area contributed by atoms with Crippen LogP contribution in [0.2, 0.25) is 0 Å². The number of piperidine rings is 1. The van der Waals surface area contributed by atoms with Gasteiger partial charge in [0, 0.05) is 70.1 Å². The Hall–Kier alpha value is -5.34. The van der Waals surface area contributed by atoms with Crippen molar-refractivity contribution in [3.63, 3.8) is 0 Å². The molecule has 0 unspecified atom stereocenters. The predicted octanol–water partition coefficient (Wildman–Crippen LogP) is 6.34. The second-order valence-corrected chi connectivity index (χ2v) is 27.3. The molecule has 3 aliphatic rings. The fourth-order valence-corrected chi connectivity index (χ4v) is 14.1. The maximum atomic E-state index is 14.6. The molecule has 1 saturated carbocycles. The van der Waals surface area contributed by atoms with Gasteiger partial charge < -0.3 is 44.9 Å². The highest BCUT2D eigenvalue weighted by Gasteiger charge is 2.45. The number of sulfonamides is 1. The predicted molar refractivity (Wildman–Crippen MR) is 335 cm³/mol. The highest BCUT2D eigenvalue weighted by molar-refractivity contribution is 9.09. The highest BCUT2D eigenvalue weighted by atomic mass is 79.9. The molecule has 4 N–H and O–H groups in total. The van der Waals surface area contributed by atoms with Gasteiger partial charge in [-0.1, -0.05) is 98.9 Å². The zero-order chi connectivity index (χ0) is 63.3. The van der Waals surface area contributed by atoms with Crippen molar-refractivity contribution in [1.82, 2.24) is 50.2 Å². The number of ether oxygens (including phenoxy) is 3. The summed E-state index contributed by atoms with van der Waals surface area (Å²) in [6, 6.07) is 7.89. The Morgan fingerprint density at radius 1 is 0.767 bits per heavy atom. The van der Waals surface area contributed by atoms with E-state index in [0.29, 0.717) is 104 Å². The van der Waals surface area contributed by atoms with Crippen molar-refractivity contribution in [2.75, 3.05) is 61.5 Å². The maximum Gasteiger partial charge on any atom is 0.415 e. The second-order valence-electron chi connectivity index (χ2n) is 24.2. The smallest absolute Gasteiger partial charge is 0.410 e. The van der Waals surface area contributed by atoms with Gasteiger partial charge in [-0.2, -0.15) is 0 Å². The summed E-state index contributed by atoms with van der Waals surface area (Å²) in [6.45, 7) is 15.0. The molecule has 6 rings (SSSR count). The lowest BCUT2D eigenvalue weighted by Crippen LogP contribution is -2.59. The Morgan fingerprint density at radius 2 is 1.41 bits per heavy atom. The first-order chi connectivity index (χ1) is 40.8. The Kier molecular flexibility index (Phi) is 25.7. The van der Waals surface area contributed by atoms with Crippen LogP contribution in [-0.4, -0.2) is 189 Å². The number of amides is 7. The van der Waals surface area contributed by atoms with Crippen molar-refractivity contribution < 1.29 is 56.2 Å². The summed E-state index contributed by atoms with van der Waals surface area (Å²) < 4.78 is 46.2. The first-order valence-corrected chi connectivity index (χ1v) is 33.8. The average Bonchev–Trinajstić information content (AvgIpc) is 2.88. The standard InChI is InChI=1S/C61H90Br2N10O12S/c1-13-37(6)54(71(10)60(79)52(35(2)3)68-59(78)53(36(4)5)70(8)9)50(83-11)31-51(74)73-26-14-15-49(73)55(84-12)38(7)56(75)67-46(58(77)69-86(81,82)43-21-22-43)29-39-16-19-42(20-17-39)85-61(80)72-27-24-40(25-28-72)34-64-57(76)41-18-23-44-45(30-41)66-48(33-63)47(32-62)65-44/h16-20,23,30,35-38,40,43,46,49-50,52-55H,13-15,21-22,24-29,31-34H2,1-12H3,(H,64,76)(H,67,75)(H,68,78)(H,69,77)/t37-,38+,46-,49-,50+,52-,53-,54-,55+/m0/s1. The Morgan fingerprint density at radius 3 is 1.97 bits per heavy atom. The average molecular weight is 1350 g/mol. The van der Waals surface area contributed by atoms with Crippen LogP contribution >= 0.6 is 31.9 Å². The lowest BCUT2D eigenvalue weighted by atomic mass is 9.89. The molecule has 7 amide bonds. The molecule has 2 saturated heterocycles. The van der Waals surface area contributed by atoms with Gasteiger partial charge in [-0.05, 0) is 112 Å². The summed E-state index contributed by atoms with van der Waals surface area (Å²) in [6.07, 6.45) is 1.55. The van der Waals surface area contributed by atoms with Crippen LogP contribution in [0.15, 0.2) is 42.5 Å². The minimum absolute atomic E-state index is 0.00740. The fraction of sp³-hybridized carbons (Fsp3) is 0.656. The third-order valence-electron chi connectivity index (χ3n) is 17.1. The molecule has 476 valence electrons. The van der Waals surface area contributed by atoms with E-state index in [2.05, 4.69) is 62.5 Å². The van der Waals surface area contributed by atoms with Crippen LogP contribution in [0.4, 0.5) is 4.79 Å². The van der Waals surface area contributed by atoms with Crippen LogP contribution in [0.3, 0.4) is 0 Å². The van der Waals surface area contributed by atoms with E-state index in [9.17, 15) is 42.0 Å². The van der Waals surface area contributed by atoms with Gasteiger partial charge in [0.25, 0.3) is 11.8 Å². The molecule has 2 aromatic carbocycles. The van der Waals surface area contributed by atoms with Gasteiger partial charge in [0.05, 0.1) is 70.3 Å². The van der Waals surface area contributed by atoms with Gasteiger partial charge in [-0.3, -0.25) is 38.4 Å². The number of fused-ring (bicyclic) bond motifs is 1. The molecule has 86 heavy (non-hydrogen) atoms. The third kappa shape index (κ3) is 17.9. The van der Waals surface area contributed by atoms with E-state index in [0.717, 1.165) is 11.4 Å². The van der Waals surface area contributed by atoms with Crippen molar-refractivity contribution >= 4 is 94.5 Å². The van der Waals surface area contributed by atoms with Gasteiger partial charge >= 0.3 is 6.09 Å². The van der Waals surface area contributed by atoms with Crippen molar-refractivity contribution in [2.24, 2.45) is 29.6 Å². The first-order valence-electron chi connectivity index (χ1n) is 30.0. The zero-order valence-electron chi connectivity index (χ0n) is 51.9. The van der Waals surface area contributed by atoms with E-state index in [1.165, 1.54) is 14.2 Å². The SMILES string of the molecule is CC[C@H](C)[C@@H]([C@@H](CC(=O)N1CCC[C@H]1[C@H](OC)[C@@H](C)C(=O)N[C@@H](Cc1ccc(OC(=O)N2CCC(CNC(=O)c3ccc4nc(CBr)c(CBr)nc4c3)CC2)cc1)C(=O)NS(=O)(=O)C1CC1)OC)N(C)C(=O)[C@@H](NC(=O)[C@H](C(C)C)N(C)C)C(C)C. The number of carbonyl (C=O) groups excluding carboxylic acids is 7. The number of carbonyl (C=O) groups is 7. The van der Waals surface area contributed by atoms with E-state index in [1.54, 1.807) is 71.1 Å². The van der Waals surface area contributed by atoms with Crippen molar-refractivity contribution in [1.29, 1.82) is 0 Å². The molecule has 3 aromatic rings. The third-order valence-corrected chi connectivity index (χ3v) is 20.0. The van der Waals surface area contributed by atoms with Gasteiger partial charge in [-0.25, -0.2) is 23.2 Å². The Balaban J connectivity index is 1.06. The zero-order valence-corrected chi connectivity index (χ0v) is 55.9. The molecule has 0 bridgehead atoms. The molecule has 0 spiro atoms. The van der Waals surface area contributed by atoms with Crippen LogP contribution in [0.1, 0.15) is 127 Å². The number of methoxy groups -OCH3 is 2. The number of aromatic nitrogens is 2. The summed E-state index contributed by atoms with van der Waals surface area (Å²) in [5, 5.41) is 9.24. The van der Waals surface area contributed by atoms with Crippen LogP contribution in [0.5, 0.6) is 5.75 Å². The quantitative estimate of drug-likeness (QED) is 0.0552. The minimum Gasteiger partial charge on any atom is -0.410 e. The lowest BCUT2D eigenvalue weighted by Gasteiger charge is -2.41. The number of hydrogen-bond acceptors (Lipinski definition) is 15. The number of benzene rings is 2. The molecular formula is C61H90Br2N10O12S. The summed E-state index contributed by atoms with van der Waals surface area (Å²) in [7, 11) is 4.31. The summed E-state index contributed by atoms with van der Waals surface area (Å²) >= 11 is 6.92. The number of likely N-dealkylation sites (tertiary alicyclic amines) is 2. The number of nitrogens with zero attached hydrogens (tertiary/aromatic N) is 6. The largest absolute Gasteiger partial charge is 0.415 e. The van der Waals surface area contributed by atoms with Crippen LogP contribution < -0.4 is 25.4 Å².